The number of hydrogen-bond donors (Lipinski definition) is 2. The number of aromatic amines is 1. The van der Waals surface area contributed by atoms with E-state index in [1.807, 2.05) is 12.1 Å². The van der Waals surface area contributed by atoms with E-state index in [0.29, 0.717) is 32.8 Å². The highest BCUT2D eigenvalue weighted by molar-refractivity contribution is 6.44. The number of rotatable bonds is 4. The highest BCUT2D eigenvalue weighted by atomic mass is 35.5. The number of pyridine rings is 1. The zero-order chi connectivity index (χ0) is 16.4. The highest BCUT2D eigenvalue weighted by Gasteiger charge is 2.12. The van der Waals surface area contributed by atoms with E-state index in [4.69, 9.17) is 27.9 Å². The standard InChI is InChI=1S/C15H12Cl2N4O2/c1-18-11(22)7-23-9-4-2-8(3-5-9)14-20-13-12(17)10(16)6-19-15(13)21-14/h2-6H,7H2,1H3,(H,18,22)(H,19,20,21). The Labute approximate surface area is 141 Å². The molecule has 23 heavy (non-hydrogen) atoms. The fraction of sp³-hybridized carbons (Fsp3) is 0.133. The van der Waals surface area contributed by atoms with Crippen LogP contribution in [0.5, 0.6) is 5.75 Å². The van der Waals surface area contributed by atoms with Crippen LogP contribution >= 0.6 is 23.2 Å². The number of benzene rings is 1. The Bertz CT molecular complexity index is 862. The maximum absolute atomic E-state index is 11.2. The topological polar surface area (TPSA) is 79.9 Å². The van der Waals surface area contributed by atoms with Gasteiger partial charge in [0.05, 0.1) is 10.0 Å². The van der Waals surface area contributed by atoms with E-state index in [-0.39, 0.29) is 12.5 Å². The largest absolute Gasteiger partial charge is 0.484 e. The van der Waals surface area contributed by atoms with Gasteiger partial charge in [-0.1, -0.05) is 23.2 Å². The molecule has 2 heterocycles. The van der Waals surface area contributed by atoms with Crippen LogP contribution in [0.2, 0.25) is 10.0 Å². The molecule has 0 spiro atoms. The summed E-state index contributed by atoms with van der Waals surface area (Å²) in [6.07, 6.45) is 1.46. The molecule has 0 aliphatic rings. The van der Waals surface area contributed by atoms with Gasteiger partial charge in [-0.2, -0.15) is 0 Å². The molecule has 0 aliphatic heterocycles. The summed E-state index contributed by atoms with van der Waals surface area (Å²) in [6.45, 7) is -0.0293. The lowest BCUT2D eigenvalue weighted by atomic mass is 10.2. The van der Waals surface area contributed by atoms with Crippen LogP contribution in [-0.4, -0.2) is 34.5 Å². The number of halogens is 2. The van der Waals surface area contributed by atoms with Gasteiger partial charge in [0.15, 0.2) is 12.3 Å². The minimum Gasteiger partial charge on any atom is -0.484 e. The second-order valence-electron chi connectivity index (χ2n) is 4.69. The van der Waals surface area contributed by atoms with Gasteiger partial charge in [-0.15, -0.1) is 0 Å². The van der Waals surface area contributed by atoms with Gasteiger partial charge >= 0.3 is 0 Å². The molecule has 0 bridgehead atoms. The van der Waals surface area contributed by atoms with Crippen molar-refractivity contribution in [2.24, 2.45) is 0 Å². The molecule has 1 aromatic carbocycles. The molecule has 0 saturated heterocycles. The number of hydrogen-bond acceptors (Lipinski definition) is 4. The lowest BCUT2D eigenvalue weighted by Gasteiger charge is -2.05. The van der Waals surface area contributed by atoms with E-state index in [2.05, 4.69) is 20.3 Å². The monoisotopic (exact) mass is 350 g/mol. The van der Waals surface area contributed by atoms with E-state index in [1.54, 1.807) is 19.2 Å². The number of carbonyl (C=O) groups is 1. The molecular weight excluding hydrogens is 339 g/mol. The summed E-state index contributed by atoms with van der Waals surface area (Å²) in [6, 6.07) is 7.17. The van der Waals surface area contributed by atoms with Gasteiger partial charge in [0.2, 0.25) is 0 Å². The van der Waals surface area contributed by atoms with E-state index in [9.17, 15) is 4.79 Å². The Morgan fingerprint density at radius 1 is 1.30 bits per heavy atom. The van der Waals surface area contributed by atoms with Crippen molar-refractivity contribution in [2.75, 3.05) is 13.7 Å². The average molecular weight is 351 g/mol. The Morgan fingerprint density at radius 2 is 2.04 bits per heavy atom. The van der Waals surface area contributed by atoms with Crippen LogP contribution in [0.4, 0.5) is 0 Å². The average Bonchev–Trinajstić information content (AvgIpc) is 3.01. The van der Waals surface area contributed by atoms with Gasteiger partial charge in [0, 0.05) is 18.8 Å². The molecule has 2 N–H and O–H groups in total. The molecule has 0 atom stereocenters. The molecule has 6 nitrogen and oxygen atoms in total. The fourth-order valence-electron chi connectivity index (χ4n) is 1.97. The Morgan fingerprint density at radius 3 is 2.74 bits per heavy atom. The number of carbonyl (C=O) groups excluding carboxylic acids is 1. The van der Waals surface area contributed by atoms with Gasteiger partial charge in [0.1, 0.15) is 17.1 Å². The number of amides is 1. The first-order valence-electron chi connectivity index (χ1n) is 6.72. The summed E-state index contributed by atoms with van der Waals surface area (Å²) in [5.41, 5.74) is 1.92. The van der Waals surface area contributed by atoms with Crippen molar-refractivity contribution in [3.8, 4) is 17.1 Å². The maximum atomic E-state index is 11.2. The molecule has 3 rings (SSSR count). The predicted molar refractivity (Wildman–Crippen MR) is 88.9 cm³/mol. The minimum atomic E-state index is -0.191. The summed E-state index contributed by atoms with van der Waals surface area (Å²) >= 11 is 12.1. The number of ether oxygens (including phenoxy) is 1. The molecule has 0 radical (unpaired) electrons. The molecule has 3 aromatic rings. The van der Waals surface area contributed by atoms with Crippen molar-refractivity contribution in [3.05, 3.63) is 40.5 Å². The molecule has 1 amide bonds. The predicted octanol–water partition coefficient (Wildman–Crippen LogP) is 3.06. The number of likely N-dealkylation sites (N-methyl/N-ethyl adjacent to an activating group) is 1. The molecule has 8 heteroatoms. The summed E-state index contributed by atoms with van der Waals surface area (Å²) in [5, 5.41) is 3.25. The Kier molecular flexibility index (Phi) is 4.36. The smallest absolute Gasteiger partial charge is 0.257 e. The maximum Gasteiger partial charge on any atom is 0.257 e. The minimum absolute atomic E-state index is 0.0293. The second kappa shape index (κ2) is 6.44. The van der Waals surface area contributed by atoms with Crippen LogP contribution in [0.3, 0.4) is 0 Å². The highest BCUT2D eigenvalue weighted by Crippen LogP contribution is 2.30. The summed E-state index contributed by atoms with van der Waals surface area (Å²) in [7, 11) is 1.56. The van der Waals surface area contributed by atoms with Crippen molar-refractivity contribution in [3.63, 3.8) is 0 Å². The van der Waals surface area contributed by atoms with Crippen LogP contribution in [0.25, 0.3) is 22.6 Å². The Hall–Kier alpha value is -2.31. The van der Waals surface area contributed by atoms with Gasteiger partial charge in [-0.3, -0.25) is 4.79 Å². The normalized spacial score (nSPS) is 10.7. The Balaban J connectivity index is 1.84. The zero-order valence-electron chi connectivity index (χ0n) is 12.1. The lowest BCUT2D eigenvalue weighted by Crippen LogP contribution is -2.24. The molecule has 0 aliphatic carbocycles. The zero-order valence-corrected chi connectivity index (χ0v) is 13.6. The molecule has 118 valence electrons. The van der Waals surface area contributed by atoms with E-state index < -0.39 is 0 Å². The van der Waals surface area contributed by atoms with Crippen molar-refractivity contribution in [1.82, 2.24) is 20.3 Å². The summed E-state index contributed by atoms with van der Waals surface area (Å²) < 4.78 is 5.35. The van der Waals surface area contributed by atoms with Crippen LogP contribution in [0, 0.1) is 0 Å². The van der Waals surface area contributed by atoms with Crippen LogP contribution in [0.1, 0.15) is 0 Å². The fourth-order valence-corrected chi connectivity index (χ4v) is 2.30. The van der Waals surface area contributed by atoms with Gasteiger partial charge in [-0.05, 0) is 24.3 Å². The van der Waals surface area contributed by atoms with Crippen molar-refractivity contribution in [1.29, 1.82) is 0 Å². The quantitative estimate of drug-likeness (QED) is 0.757. The van der Waals surface area contributed by atoms with E-state index in [0.717, 1.165) is 5.56 Å². The first-order chi connectivity index (χ1) is 11.1. The number of nitrogens with zero attached hydrogens (tertiary/aromatic N) is 2. The summed E-state index contributed by atoms with van der Waals surface area (Å²) in [5.74, 6) is 1.02. The number of imidazole rings is 1. The van der Waals surface area contributed by atoms with Crippen molar-refractivity contribution in [2.45, 2.75) is 0 Å². The SMILES string of the molecule is CNC(=O)COc1ccc(-c2nc3ncc(Cl)c(Cl)c3[nH]2)cc1. The molecular formula is C15H12Cl2N4O2. The number of nitrogens with one attached hydrogen (secondary N) is 2. The molecule has 0 fully saturated rings. The summed E-state index contributed by atoms with van der Waals surface area (Å²) in [4.78, 5) is 22.8. The lowest BCUT2D eigenvalue weighted by molar-refractivity contribution is -0.122. The van der Waals surface area contributed by atoms with E-state index >= 15 is 0 Å². The van der Waals surface area contributed by atoms with Gasteiger partial charge in [-0.25, -0.2) is 9.97 Å². The third-order valence-electron chi connectivity index (χ3n) is 3.19. The number of H-pyrrole nitrogens is 1. The van der Waals surface area contributed by atoms with Crippen molar-refractivity contribution < 1.29 is 9.53 Å². The second-order valence-corrected chi connectivity index (χ2v) is 5.48. The van der Waals surface area contributed by atoms with Crippen molar-refractivity contribution >= 4 is 40.3 Å². The van der Waals surface area contributed by atoms with Crippen LogP contribution in [-0.2, 0) is 4.79 Å². The number of fused-ring (bicyclic) bond motifs is 1. The van der Waals surface area contributed by atoms with Crippen LogP contribution < -0.4 is 10.1 Å². The van der Waals surface area contributed by atoms with Crippen LogP contribution in [0.15, 0.2) is 30.5 Å². The third kappa shape index (κ3) is 3.23. The first-order valence-corrected chi connectivity index (χ1v) is 7.47. The molecule has 2 aromatic heterocycles. The first kappa shape index (κ1) is 15.6. The molecule has 0 unspecified atom stereocenters. The van der Waals surface area contributed by atoms with Gasteiger partial charge < -0.3 is 15.0 Å². The number of aromatic nitrogens is 3. The van der Waals surface area contributed by atoms with E-state index in [1.165, 1.54) is 6.20 Å². The molecule has 0 saturated carbocycles. The van der Waals surface area contributed by atoms with Gasteiger partial charge in [0.25, 0.3) is 5.91 Å². The third-order valence-corrected chi connectivity index (χ3v) is 3.97.